The highest BCUT2D eigenvalue weighted by atomic mass is 19.4. The number of halogens is 3. The molecule has 2 aliphatic heterocycles. The zero-order chi connectivity index (χ0) is 25.6. The van der Waals surface area contributed by atoms with Crippen molar-refractivity contribution < 1.29 is 22.7 Å². The fourth-order valence-electron chi connectivity index (χ4n) is 5.37. The van der Waals surface area contributed by atoms with Gasteiger partial charge in [-0.3, -0.25) is 4.79 Å². The van der Waals surface area contributed by atoms with Crippen LogP contribution in [-0.4, -0.2) is 49.8 Å². The number of hydrogen-bond acceptors (Lipinski definition) is 4. The molecule has 7 nitrogen and oxygen atoms in total. The van der Waals surface area contributed by atoms with Crippen LogP contribution in [0.2, 0.25) is 0 Å². The van der Waals surface area contributed by atoms with Crippen LogP contribution in [0.25, 0.3) is 16.7 Å². The maximum atomic E-state index is 13.3. The number of hydrogen-bond donors (Lipinski definition) is 0. The van der Waals surface area contributed by atoms with E-state index in [0.717, 1.165) is 30.7 Å². The minimum Gasteiger partial charge on any atom is -0.370 e. The summed E-state index contributed by atoms with van der Waals surface area (Å²) in [5.74, 6) is 0.654. The number of likely N-dealkylation sites (tertiary alicyclic amines) is 1. The molecule has 1 amide bonds. The Morgan fingerprint density at radius 1 is 1.03 bits per heavy atom. The maximum Gasteiger partial charge on any atom is 0.416 e. The number of amides is 1. The normalized spacial score (nSPS) is 19.1. The van der Waals surface area contributed by atoms with Gasteiger partial charge in [0.25, 0.3) is 5.91 Å². The number of ether oxygens (including phenoxy) is 1. The predicted molar refractivity (Wildman–Crippen MR) is 130 cm³/mol. The molecular weight excluding hydrogens is 483 g/mol. The third-order valence-electron chi connectivity index (χ3n) is 7.26. The van der Waals surface area contributed by atoms with Gasteiger partial charge in [0.05, 0.1) is 22.3 Å². The predicted octanol–water partition coefficient (Wildman–Crippen LogP) is 5.57. The summed E-state index contributed by atoms with van der Waals surface area (Å²) in [6, 6.07) is 13.0. The van der Waals surface area contributed by atoms with Gasteiger partial charge in [-0.1, -0.05) is 0 Å². The molecule has 1 unspecified atom stereocenters. The van der Waals surface area contributed by atoms with E-state index in [2.05, 4.69) is 14.6 Å². The van der Waals surface area contributed by atoms with Crippen molar-refractivity contribution in [2.24, 2.45) is 0 Å². The fourth-order valence-corrected chi connectivity index (χ4v) is 5.37. The van der Waals surface area contributed by atoms with Crippen molar-refractivity contribution in [3.63, 3.8) is 0 Å². The molecular formula is C27H26F3N5O2. The molecule has 192 valence electrons. The van der Waals surface area contributed by atoms with E-state index in [4.69, 9.17) is 4.74 Å². The number of fused-ring (bicyclic) bond motifs is 1. The Morgan fingerprint density at radius 2 is 1.81 bits per heavy atom. The molecule has 0 bridgehead atoms. The van der Waals surface area contributed by atoms with Gasteiger partial charge in [-0.05, 0) is 74.2 Å². The summed E-state index contributed by atoms with van der Waals surface area (Å²) in [4.78, 5) is 19.6. The summed E-state index contributed by atoms with van der Waals surface area (Å²) < 4.78 is 49.7. The van der Waals surface area contributed by atoms with Crippen LogP contribution < -0.4 is 0 Å². The molecule has 0 radical (unpaired) electrons. The molecule has 0 aliphatic carbocycles. The molecule has 37 heavy (non-hydrogen) atoms. The van der Waals surface area contributed by atoms with Crippen molar-refractivity contribution in [1.29, 1.82) is 0 Å². The number of alkyl halides is 3. The second kappa shape index (κ2) is 9.33. The zero-order valence-corrected chi connectivity index (χ0v) is 20.1. The Hall–Kier alpha value is -3.66. The SMILES string of the molecule is O=C(c1ccc(-n2cccn2)cc1)N1CCC(n2c(C3CCCO3)nc3cc(C(F)(F)F)ccc32)CC1. The van der Waals surface area contributed by atoms with Crippen molar-refractivity contribution >= 4 is 16.9 Å². The van der Waals surface area contributed by atoms with Gasteiger partial charge < -0.3 is 14.2 Å². The Labute approximate surface area is 211 Å². The molecule has 2 aromatic heterocycles. The number of rotatable bonds is 4. The van der Waals surface area contributed by atoms with Crippen molar-refractivity contribution in [3.8, 4) is 5.69 Å². The van der Waals surface area contributed by atoms with E-state index in [9.17, 15) is 18.0 Å². The lowest BCUT2D eigenvalue weighted by molar-refractivity contribution is -0.137. The van der Waals surface area contributed by atoms with Crippen LogP contribution in [-0.2, 0) is 10.9 Å². The standard InChI is InChI=1S/C27H26F3N5O2/c28-27(29,30)19-6-9-23-22(17-19)32-25(24-3-1-16-37-24)35(23)21-10-14-33(15-11-21)26(36)18-4-7-20(8-5-18)34-13-2-12-31-34/h2,4-9,12-13,17,21,24H,1,3,10-11,14-16H2. The maximum absolute atomic E-state index is 13.3. The summed E-state index contributed by atoms with van der Waals surface area (Å²) in [7, 11) is 0. The largest absolute Gasteiger partial charge is 0.416 e. The Kier molecular flexibility index (Phi) is 5.98. The van der Waals surface area contributed by atoms with E-state index < -0.39 is 11.7 Å². The number of aromatic nitrogens is 4. The minimum atomic E-state index is -4.43. The molecule has 0 saturated carbocycles. The summed E-state index contributed by atoms with van der Waals surface area (Å²) in [5, 5.41) is 4.21. The summed E-state index contributed by atoms with van der Waals surface area (Å²) in [6.07, 6.45) is 1.95. The van der Waals surface area contributed by atoms with Crippen molar-refractivity contribution in [2.75, 3.05) is 19.7 Å². The molecule has 1 atom stereocenters. The first-order chi connectivity index (χ1) is 17.9. The summed E-state index contributed by atoms with van der Waals surface area (Å²) >= 11 is 0. The van der Waals surface area contributed by atoms with E-state index in [-0.39, 0.29) is 18.1 Å². The smallest absolute Gasteiger partial charge is 0.370 e. The zero-order valence-electron chi connectivity index (χ0n) is 20.1. The lowest BCUT2D eigenvalue weighted by Gasteiger charge is -2.34. The molecule has 2 saturated heterocycles. The number of imidazole rings is 1. The minimum absolute atomic E-state index is 0.0205. The van der Waals surface area contributed by atoms with Gasteiger partial charge >= 0.3 is 6.18 Å². The Bertz CT molecular complexity index is 1400. The second-order valence-corrected chi connectivity index (χ2v) is 9.56. The lowest BCUT2D eigenvalue weighted by atomic mass is 10.0. The topological polar surface area (TPSA) is 65.2 Å². The number of carbonyl (C=O) groups excluding carboxylic acids is 1. The van der Waals surface area contributed by atoms with E-state index in [1.165, 1.54) is 6.07 Å². The van der Waals surface area contributed by atoms with E-state index in [1.54, 1.807) is 10.9 Å². The van der Waals surface area contributed by atoms with Crippen LogP contribution in [0.15, 0.2) is 60.9 Å². The van der Waals surface area contributed by atoms with Crippen LogP contribution >= 0.6 is 0 Å². The van der Waals surface area contributed by atoms with Crippen LogP contribution in [0.1, 0.15) is 59.6 Å². The third kappa shape index (κ3) is 4.50. The molecule has 4 aromatic rings. The molecule has 6 rings (SSSR count). The second-order valence-electron chi connectivity index (χ2n) is 9.56. The number of nitrogens with zero attached hydrogens (tertiary/aromatic N) is 5. The number of carbonyl (C=O) groups is 1. The van der Waals surface area contributed by atoms with E-state index in [1.807, 2.05) is 41.4 Å². The van der Waals surface area contributed by atoms with Crippen LogP contribution in [0, 0.1) is 0 Å². The Balaban J connectivity index is 1.22. The van der Waals surface area contributed by atoms with Crippen molar-refractivity contribution in [3.05, 3.63) is 77.9 Å². The first kappa shape index (κ1) is 23.7. The van der Waals surface area contributed by atoms with Gasteiger partial charge in [0.15, 0.2) is 0 Å². The molecule has 0 spiro atoms. The van der Waals surface area contributed by atoms with Crippen LogP contribution in [0.5, 0.6) is 0 Å². The molecule has 10 heteroatoms. The summed E-state index contributed by atoms with van der Waals surface area (Å²) in [5.41, 5.74) is 1.79. The average Bonchev–Trinajstić information content (AvgIpc) is 3.68. The fraction of sp³-hybridized carbons (Fsp3) is 0.370. The highest BCUT2D eigenvalue weighted by Crippen LogP contribution is 2.38. The van der Waals surface area contributed by atoms with Crippen LogP contribution in [0.3, 0.4) is 0 Å². The quantitative estimate of drug-likeness (QED) is 0.361. The van der Waals surface area contributed by atoms with Crippen molar-refractivity contribution in [1.82, 2.24) is 24.2 Å². The van der Waals surface area contributed by atoms with Crippen molar-refractivity contribution in [2.45, 2.75) is 44.0 Å². The van der Waals surface area contributed by atoms with Gasteiger partial charge in [0, 0.05) is 43.7 Å². The monoisotopic (exact) mass is 509 g/mol. The summed E-state index contributed by atoms with van der Waals surface area (Å²) in [6.45, 7) is 1.72. The molecule has 2 aliphatic rings. The van der Waals surface area contributed by atoms with E-state index >= 15 is 0 Å². The number of piperidine rings is 1. The number of benzene rings is 2. The molecule has 2 aromatic carbocycles. The van der Waals surface area contributed by atoms with Gasteiger partial charge in [0.2, 0.25) is 0 Å². The average molecular weight is 510 g/mol. The molecule has 0 N–H and O–H groups in total. The highest BCUT2D eigenvalue weighted by molar-refractivity contribution is 5.94. The van der Waals surface area contributed by atoms with Gasteiger partial charge in [-0.15, -0.1) is 0 Å². The van der Waals surface area contributed by atoms with Crippen LogP contribution in [0.4, 0.5) is 13.2 Å². The van der Waals surface area contributed by atoms with Gasteiger partial charge in [-0.25, -0.2) is 9.67 Å². The third-order valence-corrected chi connectivity index (χ3v) is 7.26. The van der Waals surface area contributed by atoms with E-state index in [0.29, 0.717) is 55.0 Å². The Morgan fingerprint density at radius 3 is 2.46 bits per heavy atom. The first-order valence-corrected chi connectivity index (χ1v) is 12.5. The van der Waals surface area contributed by atoms with Gasteiger partial charge in [0.1, 0.15) is 11.9 Å². The first-order valence-electron chi connectivity index (χ1n) is 12.5. The van der Waals surface area contributed by atoms with Gasteiger partial charge in [-0.2, -0.15) is 18.3 Å². The highest BCUT2D eigenvalue weighted by Gasteiger charge is 2.34. The molecule has 4 heterocycles. The lowest BCUT2D eigenvalue weighted by Crippen LogP contribution is -2.39. The molecule has 2 fully saturated rings.